The third-order valence-electron chi connectivity index (χ3n) is 3.54. The number of thiazole rings is 1. The van der Waals surface area contributed by atoms with Crippen LogP contribution in [0, 0.1) is 0 Å². The Morgan fingerprint density at radius 3 is 2.85 bits per heavy atom. The van der Waals surface area contributed by atoms with E-state index in [9.17, 15) is 4.79 Å². The molecule has 1 amide bonds. The number of nitrogens with one attached hydrogen (secondary N) is 1. The summed E-state index contributed by atoms with van der Waals surface area (Å²) in [5, 5.41) is 5.94. The molecular weight excluding hydrogens is 368 g/mol. The van der Waals surface area contributed by atoms with E-state index >= 15 is 0 Å². The third-order valence-corrected chi connectivity index (χ3v) is 4.69. The first-order valence-corrected chi connectivity index (χ1v) is 9.24. The van der Waals surface area contributed by atoms with E-state index in [2.05, 4.69) is 16.9 Å². The van der Waals surface area contributed by atoms with Gasteiger partial charge in [-0.15, -0.1) is 17.9 Å². The number of halogens is 1. The maximum absolute atomic E-state index is 11.9. The van der Waals surface area contributed by atoms with Crippen molar-refractivity contribution in [3.8, 4) is 16.3 Å². The van der Waals surface area contributed by atoms with Gasteiger partial charge in [-0.25, -0.2) is 4.98 Å². The summed E-state index contributed by atoms with van der Waals surface area (Å²) in [5.41, 5.74) is 2.35. The van der Waals surface area contributed by atoms with E-state index in [4.69, 9.17) is 16.3 Å². The standard InChI is InChI=1S/C20H17ClN2O2S/c1-2-10-22-19(24)18-13-26-20(23-18)15-4-3-5-17(11-15)25-12-14-6-8-16(21)9-7-14/h2-9,11,13H,1,10,12H2,(H,22,24). The first-order valence-electron chi connectivity index (χ1n) is 7.98. The molecule has 0 spiro atoms. The second-order valence-electron chi connectivity index (χ2n) is 5.48. The quantitative estimate of drug-likeness (QED) is 0.586. The number of carbonyl (C=O) groups excluding carboxylic acids is 1. The second-order valence-corrected chi connectivity index (χ2v) is 6.77. The first-order chi connectivity index (χ1) is 12.7. The fourth-order valence-electron chi connectivity index (χ4n) is 2.23. The highest BCUT2D eigenvalue weighted by molar-refractivity contribution is 7.13. The zero-order valence-corrected chi connectivity index (χ0v) is 15.5. The number of ether oxygens (including phenoxy) is 1. The topological polar surface area (TPSA) is 51.2 Å². The number of amides is 1. The van der Waals surface area contributed by atoms with Gasteiger partial charge in [-0.2, -0.15) is 0 Å². The summed E-state index contributed by atoms with van der Waals surface area (Å²) in [6.07, 6.45) is 1.63. The third kappa shape index (κ3) is 4.71. The molecule has 0 saturated carbocycles. The summed E-state index contributed by atoms with van der Waals surface area (Å²) < 4.78 is 5.84. The minimum absolute atomic E-state index is 0.206. The van der Waals surface area contributed by atoms with Gasteiger partial charge in [0.1, 0.15) is 23.1 Å². The molecule has 1 heterocycles. The van der Waals surface area contributed by atoms with Crippen molar-refractivity contribution in [1.29, 1.82) is 0 Å². The zero-order chi connectivity index (χ0) is 18.4. The lowest BCUT2D eigenvalue weighted by Gasteiger charge is -2.07. The van der Waals surface area contributed by atoms with Crippen LogP contribution < -0.4 is 10.1 Å². The molecule has 0 aliphatic carbocycles. The van der Waals surface area contributed by atoms with Gasteiger partial charge in [0, 0.05) is 22.5 Å². The van der Waals surface area contributed by atoms with E-state index in [-0.39, 0.29) is 5.91 Å². The van der Waals surface area contributed by atoms with Crippen LogP contribution in [0.1, 0.15) is 16.1 Å². The molecule has 132 valence electrons. The summed E-state index contributed by atoms with van der Waals surface area (Å²) >= 11 is 7.31. The molecule has 0 unspecified atom stereocenters. The Bertz CT molecular complexity index is 906. The number of nitrogens with zero attached hydrogens (tertiary/aromatic N) is 1. The number of hydrogen-bond donors (Lipinski definition) is 1. The van der Waals surface area contributed by atoms with Crippen LogP contribution >= 0.6 is 22.9 Å². The second kappa shape index (κ2) is 8.65. The van der Waals surface area contributed by atoms with Crippen LogP contribution in [0.15, 0.2) is 66.6 Å². The molecule has 0 saturated heterocycles. The highest BCUT2D eigenvalue weighted by Gasteiger charge is 2.11. The fourth-order valence-corrected chi connectivity index (χ4v) is 3.16. The lowest BCUT2D eigenvalue weighted by Crippen LogP contribution is -2.23. The van der Waals surface area contributed by atoms with Crippen molar-refractivity contribution in [3.63, 3.8) is 0 Å². The average Bonchev–Trinajstić information content (AvgIpc) is 3.16. The van der Waals surface area contributed by atoms with E-state index < -0.39 is 0 Å². The highest BCUT2D eigenvalue weighted by atomic mass is 35.5. The van der Waals surface area contributed by atoms with Gasteiger partial charge in [-0.05, 0) is 29.8 Å². The van der Waals surface area contributed by atoms with Gasteiger partial charge in [0.25, 0.3) is 5.91 Å². The summed E-state index contributed by atoms with van der Waals surface area (Å²) in [6.45, 7) is 4.45. The van der Waals surface area contributed by atoms with E-state index in [1.54, 1.807) is 11.5 Å². The van der Waals surface area contributed by atoms with E-state index in [1.165, 1.54) is 11.3 Å². The molecule has 0 fully saturated rings. The molecule has 0 aliphatic heterocycles. The summed E-state index contributed by atoms with van der Waals surface area (Å²) in [4.78, 5) is 16.4. The van der Waals surface area contributed by atoms with Gasteiger partial charge >= 0.3 is 0 Å². The lowest BCUT2D eigenvalue weighted by atomic mass is 10.2. The monoisotopic (exact) mass is 384 g/mol. The Morgan fingerprint density at radius 1 is 1.27 bits per heavy atom. The molecule has 6 heteroatoms. The largest absolute Gasteiger partial charge is 0.489 e. The zero-order valence-electron chi connectivity index (χ0n) is 13.9. The number of benzene rings is 2. The van der Waals surface area contributed by atoms with Gasteiger partial charge in [0.2, 0.25) is 0 Å². The molecule has 0 atom stereocenters. The van der Waals surface area contributed by atoms with Crippen LogP contribution in [-0.4, -0.2) is 17.4 Å². The number of carbonyl (C=O) groups is 1. The Balaban J connectivity index is 1.69. The van der Waals surface area contributed by atoms with Crippen molar-refractivity contribution in [2.75, 3.05) is 6.54 Å². The predicted molar refractivity (Wildman–Crippen MR) is 106 cm³/mol. The average molecular weight is 385 g/mol. The normalized spacial score (nSPS) is 10.3. The van der Waals surface area contributed by atoms with Crippen molar-refractivity contribution in [2.45, 2.75) is 6.61 Å². The molecule has 3 aromatic rings. The van der Waals surface area contributed by atoms with E-state index in [0.717, 1.165) is 21.9 Å². The number of rotatable bonds is 7. The SMILES string of the molecule is C=CCNC(=O)c1csc(-c2cccc(OCc3ccc(Cl)cc3)c2)n1. The van der Waals surface area contributed by atoms with Gasteiger partial charge in [-0.1, -0.05) is 41.9 Å². The Labute approximate surface area is 161 Å². The molecule has 2 aromatic carbocycles. The Hall–Kier alpha value is -2.63. The lowest BCUT2D eigenvalue weighted by molar-refractivity contribution is 0.0954. The molecule has 1 N–H and O–H groups in total. The van der Waals surface area contributed by atoms with Gasteiger partial charge in [0.15, 0.2) is 0 Å². The Morgan fingerprint density at radius 2 is 2.08 bits per heavy atom. The highest BCUT2D eigenvalue weighted by Crippen LogP contribution is 2.27. The Kier molecular flexibility index (Phi) is 6.04. The van der Waals surface area contributed by atoms with E-state index in [1.807, 2.05) is 48.5 Å². The fraction of sp³-hybridized carbons (Fsp3) is 0.100. The smallest absolute Gasteiger partial charge is 0.271 e. The molecule has 26 heavy (non-hydrogen) atoms. The summed E-state index contributed by atoms with van der Waals surface area (Å²) in [5.74, 6) is 0.535. The molecule has 1 aromatic heterocycles. The van der Waals surface area contributed by atoms with Crippen molar-refractivity contribution >= 4 is 28.8 Å². The maximum Gasteiger partial charge on any atom is 0.271 e. The predicted octanol–water partition coefficient (Wildman–Crippen LogP) is 4.96. The number of aromatic nitrogens is 1. The summed E-state index contributed by atoms with van der Waals surface area (Å²) in [7, 11) is 0. The van der Waals surface area contributed by atoms with Crippen LogP contribution in [-0.2, 0) is 6.61 Å². The van der Waals surface area contributed by atoms with Crippen LogP contribution in [0.4, 0.5) is 0 Å². The minimum Gasteiger partial charge on any atom is -0.489 e. The summed E-state index contributed by atoms with van der Waals surface area (Å²) in [6, 6.07) is 15.2. The molecule has 0 aliphatic rings. The molecular formula is C20H17ClN2O2S. The molecule has 3 rings (SSSR count). The van der Waals surface area contributed by atoms with Crippen LogP contribution in [0.5, 0.6) is 5.75 Å². The van der Waals surface area contributed by atoms with Crippen LogP contribution in [0.2, 0.25) is 5.02 Å². The van der Waals surface area contributed by atoms with Crippen molar-refractivity contribution < 1.29 is 9.53 Å². The molecule has 0 radical (unpaired) electrons. The van der Waals surface area contributed by atoms with Crippen LogP contribution in [0.25, 0.3) is 10.6 Å². The first kappa shape index (κ1) is 18.2. The van der Waals surface area contributed by atoms with Crippen molar-refractivity contribution in [2.24, 2.45) is 0 Å². The number of hydrogen-bond acceptors (Lipinski definition) is 4. The molecule has 4 nitrogen and oxygen atoms in total. The molecule has 0 bridgehead atoms. The van der Waals surface area contributed by atoms with E-state index in [0.29, 0.717) is 23.9 Å². The van der Waals surface area contributed by atoms with Crippen molar-refractivity contribution in [1.82, 2.24) is 10.3 Å². The van der Waals surface area contributed by atoms with Gasteiger partial charge in [-0.3, -0.25) is 4.79 Å². The maximum atomic E-state index is 11.9. The van der Waals surface area contributed by atoms with Crippen LogP contribution in [0.3, 0.4) is 0 Å². The van der Waals surface area contributed by atoms with Crippen molar-refractivity contribution in [3.05, 3.63) is 82.8 Å². The van der Waals surface area contributed by atoms with Gasteiger partial charge in [0.05, 0.1) is 0 Å². The minimum atomic E-state index is -0.206. The van der Waals surface area contributed by atoms with Gasteiger partial charge < -0.3 is 10.1 Å².